The van der Waals surface area contributed by atoms with Crippen LogP contribution < -0.4 is 15.0 Å². The fourth-order valence-electron chi connectivity index (χ4n) is 3.30. The second-order valence-corrected chi connectivity index (χ2v) is 7.28. The van der Waals surface area contributed by atoms with Crippen LogP contribution in [0.2, 0.25) is 0 Å². The lowest BCUT2D eigenvalue weighted by atomic mass is 10.0. The minimum Gasteiger partial charge on any atom is -0.490 e. The number of aromatic nitrogens is 1. The van der Waals surface area contributed by atoms with Crippen molar-refractivity contribution >= 4 is 15.9 Å². The van der Waals surface area contributed by atoms with Crippen LogP contribution in [0.1, 0.15) is 43.9 Å². The summed E-state index contributed by atoms with van der Waals surface area (Å²) in [4.78, 5) is 14.8. The Morgan fingerprint density at radius 1 is 1.31 bits per heavy atom. The van der Waals surface area contributed by atoms with Gasteiger partial charge in [0.15, 0.2) is 11.5 Å². The van der Waals surface area contributed by atoms with Crippen molar-refractivity contribution in [1.29, 1.82) is 5.26 Å². The molecule has 5 nitrogen and oxygen atoms in total. The molecule has 1 aliphatic carbocycles. The zero-order valence-electron chi connectivity index (χ0n) is 14.9. The van der Waals surface area contributed by atoms with Crippen molar-refractivity contribution < 1.29 is 9.47 Å². The summed E-state index contributed by atoms with van der Waals surface area (Å²) in [5, 5.41) is 9.40. The molecule has 0 radical (unpaired) electrons. The van der Waals surface area contributed by atoms with E-state index in [1.807, 2.05) is 25.1 Å². The number of pyridine rings is 1. The predicted octanol–water partition coefficient (Wildman–Crippen LogP) is 4.70. The second-order valence-electron chi connectivity index (χ2n) is 6.42. The summed E-state index contributed by atoms with van der Waals surface area (Å²) >= 11 is 3.58. The number of nitrogens with one attached hydrogen (secondary N) is 1. The summed E-state index contributed by atoms with van der Waals surface area (Å²) in [5.74, 6) is 1.30. The molecule has 26 heavy (non-hydrogen) atoms. The molecule has 0 saturated heterocycles. The highest BCUT2D eigenvalue weighted by molar-refractivity contribution is 9.10. The normalized spacial score (nSPS) is 14.2. The van der Waals surface area contributed by atoms with E-state index in [2.05, 4.69) is 20.9 Å². The van der Waals surface area contributed by atoms with E-state index in [0.717, 1.165) is 22.9 Å². The smallest absolute Gasteiger partial charge is 0.266 e. The van der Waals surface area contributed by atoms with Crippen LogP contribution in [0.3, 0.4) is 0 Å². The Hall–Kier alpha value is -2.26. The van der Waals surface area contributed by atoms with Gasteiger partial charge in [0.05, 0.1) is 17.2 Å². The Bertz CT molecular complexity index is 908. The van der Waals surface area contributed by atoms with Crippen molar-refractivity contribution in [3.8, 4) is 28.7 Å². The number of hydrogen-bond acceptors (Lipinski definition) is 4. The SMILES string of the molecule is CCOc1cc(-c2cc(C)[nH]c(=O)c2C#N)cc(Br)c1OC1CCCC1. The molecule has 0 bridgehead atoms. The molecule has 2 aromatic rings. The van der Waals surface area contributed by atoms with E-state index in [4.69, 9.17) is 9.47 Å². The molecular formula is C20H21BrN2O3. The van der Waals surface area contributed by atoms with Gasteiger partial charge in [-0.15, -0.1) is 0 Å². The van der Waals surface area contributed by atoms with Crippen LogP contribution >= 0.6 is 15.9 Å². The topological polar surface area (TPSA) is 75.1 Å². The third-order valence-electron chi connectivity index (χ3n) is 4.49. The Labute approximate surface area is 161 Å². The minimum absolute atomic E-state index is 0.0920. The molecule has 1 aromatic carbocycles. The number of rotatable bonds is 5. The number of H-pyrrole nitrogens is 1. The van der Waals surface area contributed by atoms with E-state index < -0.39 is 0 Å². The maximum absolute atomic E-state index is 12.1. The highest BCUT2D eigenvalue weighted by Crippen LogP contribution is 2.42. The molecule has 0 unspecified atom stereocenters. The molecule has 1 heterocycles. The van der Waals surface area contributed by atoms with E-state index in [1.54, 1.807) is 13.0 Å². The number of benzene rings is 1. The molecule has 1 N–H and O–H groups in total. The zero-order valence-corrected chi connectivity index (χ0v) is 16.5. The molecule has 1 fully saturated rings. The first-order valence-electron chi connectivity index (χ1n) is 8.80. The van der Waals surface area contributed by atoms with Gasteiger partial charge < -0.3 is 14.5 Å². The van der Waals surface area contributed by atoms with E-state index in [0.29, 0.717) is 29.4 Å². The Morgan fingerprint density at radius 3 is 2.69 bits per heavy atom. The molecule has 136 valence electrons. The van der Waals surface area contributed by atoms with Crippen molar-refractivity contribution in [2.45, 2.75) is 45.6 Å². The maximum Gasteiger partial charge on any atom is 0.266 e. The fourth-order valence-corrected chi connectivity index (χ4v) is 3.84. The maximum atomic E-state index is 12.1. The van der Waals surface area contributed by atoms with E-state index in [1.165, 1.54) is 12.8 Å². The molecule has 1 aromatic heterocycles. The van der Waals surface area contributed by atoms with Crippen LogP contribution in [-0.2, 0) is 0 Å². The molecular weight excluding hydrogens is 396 g/mol. The van der Waals surface area contributed by atoms with Crippen molar-refractivity contribution in [3.05, 3.63) is 44.3 Å². The Morgan fingerprint density at radius 2 is 2.04 bits per heavy atom. The Balaban J connectivity index is 2.10. The monoisotopic (exact) mass is 416 g/mol. The number of nitrogens with zero attached hydrogens (tertiary/aromatic N) is 1. The van der Waals surface area contributed by atoms with E-state index in [9.17, 15) is 10.1 Å². The standard InChI is InChI=1S/C20H21BrN2O3/c1-3-25-18-10-13(15-8-12(2)23-20(24)16(15)11-22)9-17(21)19(18)26-14-6-4-5-7-14/h8-10,14H,3-7H2,1-2H3,(H,23,24). The van der Waals surface area contributed by atoms with Gasteiger partial charge in [-0.05, 0) is 79.2 Å². The summed E-state index contributed by atoms with van der Waals surface area (Å²) in [6.45, 7) is 4.20. The van der Waals surface area contributed by atoms with Gasteiger partial charge in [0.1, 0.15) is 11.6 Å². The number of aromatic amines is 1. The summed E-state index contributed by atoms with van der Waals surface area (Å²) in [6.07, 6.45) is 4.66. The molecule has 0 spiro atoms. The van der Waals surface area contributed by atoms with Gasteiger partial charge >= 0.3 is 0 Å². The second kappa shape index (κ2) is 7.96. The first-order valence-corrected chi connectivity index (χ1v) is 9.60. The predicted molar refractivity (Wildman–Crippen MR) is 104 cm³/mol. The van der Waals surface area contributed by atoms with Crippen LogP contribution in [0, 0.1) is 18.3 Å². The van der Waals surface area contributed by atoms with Gasteiger partial charge in [0.25, 0.3) is 5.56 Å². The van der Waals surface area contributed by atoms with Crippen molar-refractivity contribution in [3.63, 3.8) is 0 Å². The average molecular weight is 417 g/mol. The van der Waals surface area contributed by atoms with Crippen LogP contribution in [0.5, 0.6) is 11.5 Å². The zero-order chi connectivity index (χ0) is 18.7. The minimum atomic E-state index is -0.386. The van der Waals surface area contributed by atoms with Gasteiger partial charge in [-0.1, -0.05) is 0 Å². The fraction of sp³-hybridized carbons (Fsp3) is 0.400. The highest BCUT2D eigenvalue weighted by Gasteiger charge is 2.22. The quantitative estimate of drug-likeness (QED) is 0.765. The van der Waals surface area contributed by atoms with Gasteiger partial charge in [0, 0.05) is 11.3 Å². The van der Waals surface area contributed by atoms with Crippen LogP contribution in [0.4, 0.5) is 0 Å². The molecule has 0 atom stereocenters. The number of nitriles is 1. The molecule has 6 heteroatoms. The lowest BCUT2D eigenvalue weighted by Gasteiger charge is -2.19. The first kappa shape index (κ1) is 18.5. The van der Waals surface area contributed by atoms with Gasteiger partial charge in [-0.3, -0.25) is 4.79 Å². The van der Waals surface area contributed by atoms with Gasteiger partial charge in [0.2, 0.25) is 0 Å². The number of halogens is 1. The summed E-state index contributed by atoms with van der Waals surface area (Å²) in [7, 11) is 0. The number of aryl methyl sites for hydroxylation is 1. The van der Waals surface area contributed by atoms with E-state index >= 15 is 0 Å². The summed E-state index contributed by atoms with van der Waals surface area (Å²) in [6, 6.07) is 7.52. The average Bonchev–Trinajstić information content (AvgIpc) is 3.10. The first-order chi connectivity index (χ1) is 12.5. The third-order valence-corrected chi connectivity index (χ3v) is 5.08. The third kappa shape index (κ3) is 3.78. The van der Waals surface area contributed by atoms with Crippen molar-refractivity contribution in [2.24, 2.45) is 0 Å². The Kier molecular flexibility index (Phi) is 5.67. The molecule has 1 aliphatic rings. The van der Waals surface area contributed by atoms with Crippen LogP contribution in [-0.4, -0.2) is 17.7 Å². The van der Waals surface area contributed by atoms with Crippen LogP contribution in [0.15, 0.2) is 27.5 Å². The largest absolute Gasteiger partial charge is 0.490 e. The van der Waals surface area contributed by atoms with Gasteiger partial charge in [-0.2, -0.15) is 5.26 Å². The molecule has 0 aliphatic heterocycles. The van der Waals surface area contributed by atoms with Crippen molar-refractivity contribution in [1.82, 2.24) is 4.98 Å². The lowest BCUT2D eigenvalue weighted by Crippen LogP contribution is -2.14. The number of ether oxygens (including phenoxy) is 2. The summed E-state index contributed by atoms with van der Waals surface area (Å²) in [5.41, 5.74) is 1.73. The lowest BCUT2D eigenvalue weighted by molar-refractivity contribution is 0.195. The van der Waals surface area contributed by atoms with Crippen molar-refractivity contribution in [2.75, 3.05) is 6.61 Å². The summed E-state index contributed by atoms with van der Waals surface area (Å²) < 4.78 is 12.7. The van der Waals surface area contributed by atoms with Crippen LogP contribution in [0.25, 0.3) is 11.1 Å². The highest BCUT2D eigenvalue weighted by atomic mass is 79.9. The molecule has 1 saturated carbocycles. The van der Waals surface area contributed by atoms with Gasteiger partial charge in [-0.25, -0.2) is 0 Å². The number of hydrogen-bond donors (Lipinski definition) is 1. The molecule has 0 amide bonds. The molecule has 3 rings (SSSR count). The van der Waals surface area contributed by atoms with E-state index in [-0.39, 0.29) is 17.2 Å².